The summed E-state index contributed by atoms with van der Waals surface area (Å²) in [5.74, 6) is 0.643. The van der Waals surface area contributed by atoms with E-state index < -0.39 is 0 Å². The highest BCUT2D eigenvalue weighted by molar-refractivity contribution is 5.93. The fourth-order valence-corrected chi connectivity index (χ4v) is 2.98. The normalized spacial score (nSPS) is 20.2. The number of nitrogens with one attached hydrogen (secondary N) is 1. The van der Waals surface area contributed by atoms with Crippen molar-refractivity contribution in [2.45, 2.75) is 19.9 Å². The molecule has 19 heavy (non-hydrogen) atoms. The van der Waals surface area contributed by atoms with Gasteiger partial charge in [0.25, 0.3) is 0 Å². The molecule has 1 aliphatic rings. The lowest BCUT2D eigenvalue weighted by atomic mass is 9.98. The van der Waals surface area contributed by atoms with Gasteiger partial charge in [-0.05, 0) is 18.1 Å². The summed E-state index contributed by atoms with van der Waals surface area (Å²) in [5.41, 5.74) is 1.35. The molecule has 3 nitrogen and oxygen atoms in total. The topological polar surface area (TPSA) is 28.2 Å². The predicted octanol–water partition coefficient (Wildman–Crippen LogP) is 2.67. The monoisotopic (exact) mass is 255 g/mol. The minimum Gasteiger partial charge on any atom is -0.365 e. The molecule has 0 radical (unpaired) electrons. The van der Waals surface area contributed by atoms with Gasteiger partial charge in [-0.3, -0.25) is 4.98 Å². The zero-order chi connectivity index (χ0) is 13.2. The van der Waals surface area contributed by atoms with Crippen molar-refractivity contribution in [2.75, 3.05) is 24.5 Å². The highest BCUT2D eigenvalue weighted by Gasteiger charge is 2.25. The number of aromatic nitrogens is 1. The molecule has 1 saturated heterocycles. The maximum Gasteiger partial charge on any atom is 0.0450 e. The average molecular weight is 255 g/mol. The Morgan fingerprint density at radius 3 is 3.05 bits per heavy atom. The summed E-state index contributed by atoms with van der Waals surface area (Å²) in [7, 11) is 0. The van der Waals surface area contributed by atoms with Gasteiger partial charge in [0.1, 0.15) is 0 Å². The number of piperazine rings is 1. The number of fused-ring (bicyclic) bond motifs is 1. The second-order valence-corrected chi connectivity index (χ2v) is 5.58. The SMILES string of the molecule is CC(C)C1CNCCN1c1cccc2cnccc12. The zero-order valence-corrected chi connectivity index (χ0v) is 11.6. The van der Waals surface area contributed by atoms with Gasteiger partial charge in [-0.25, -0.2) is 0 Å². The van der Waals surface area contributed by atoms with Crippen LogP contribution in [-0.4, -0.2) is 30.7 Å². The molecule has 2 heterocycles. The number of hydrogen-bond acceptors (Lipinski definition) is 3. The quantitative estimate of drug-likeness (QED) is 0.894. The van der Waals surface area contributed by atoms with E-state index >= 15 is 0 Å². The minimum atomic E-state index is 0.563. The Balaban J connectivity index is 2.07. The van der Waals surface area contributed by atoms with Crippen LogP contribution in [0.4, 0.5) is 5.69 Å². The maximum atomic E-state index is 4.22. The molecule has 100 valence electrons. The lowest BCUT2D eigenvalue weighted by Gasteiger charge is -2.40. The lowest BCUT2D eigenvalue weighted by molar-refractivity contribution is 0.391. The molecule has 1 atom stereocenters. The third-order valence-corrected chi connectivity index (χ3v) is 4.02. The molecule has 0 bridgehead atoms. The Morgan fingerprint density at radius 1 is 1.32 bits per heavy atom. The van der Waals surface area contributed by atoms with Gasteiger partial charge in [-0.2, -0.15) is 0 Å². The molecule has 3 heteroatoms. The largest absolute Gasteiger partial charge is 0.365 e. The third kappa shape index (κ3) is 2.30. The van der Waals surface area contributed by atoms with Gasteiger partial charge < -0.3 is 10.2 Å². The van der Waals surface area contributed by atoms with Crippen molar-refractivity contribution in [2.24, 2.45) is 5.92 Å². The maximum absolute atomic E-state index is 4.22. The summed E-state index contributed by atoms with van der Waals surface area (Å²) < 4.78 is 0. The first kappa shape index (κ1) is 12.4. The Kier molecular flexibility index (Phi) is 3.38. The Labute approximate surface area is 114 Å². The molecule has 0 spiro atoms. The molecule has 1 aromatic carbocycles. The number of anilines is 1. The smallest absolute Gasteiger partial charge is 0.0450 e. The third-order valence-electron chi connectivity index (χ3n) is 4.02. The first-order valence-electron chi connectivity index (χ1n) is 7.07. The lowest BCUT2D eigenvalue weighted by Crippen LogP contribution is -2.53. The van der Waals surface area contributed by atoms with E-state index in [0.29, 0.717) is 12.0 Å². The summed E-state index contributed by atoms with van der Waals surface area (Å²) in [4.78, 5) is 6.78. The second-order valence-electron chi connectivity index (χ2n) is 5.58. The van der Waals surface area contributed by atoms with Gasteiger partial charge in [-0.15, -0.1) is 0 Å². The number of nitrogens with zero attached hydrogens (tertiary/aromatic N) is 2. The Bertz CT molecular complexity index is 559. The fraction of sp³-hybridized carbons (Fsp3) is 0.438. The summed E-state index contributed by atoms with van der Waals surface area (Å²) in [6.45, 7) is 7.81. The molecule has 0 aliphatic carbocycles. The molecule has 1 unspecified atom stereocenters. The molecule has 1 fully saturated rings. The molecule has 1 aromatic heterocycles. The van der Waals surface area contributed by atoms with E-state index in [9.17, 15) is 0 Å². The molecular formula is C16H21N3. The fourth-order valence-electron chi connectivity index (χ4n) is 2.98. The van der Waals surface area contributed by atoms with Gasteiger partial charge in [0.15, 0.2) is 0 Å². The van der Waals surface area contributed by atoms with Crippen molar-refractivity contribution < 1.29 is 0 Å². The van der Waals surface area contributed by atoms with E-state index in [2.05, 4.69) is 53.3 Å². The highest BCUT2D eigenvalue weighted by Crippen LogP contribution is 2.29. The van der Waals surface area contributed by atoms with Crippen LogP contribution in [0.15, 0.2) is 36.7 Å². The number of hydrogen-bond donors (Lipinski definition) is 1. The average Bonchev–Trinajstić information content (AvgIpc) is 2.46. The van der Waals surface area contributed by atoms with Crippen LogP contribution in [0.25, 0.3) is 10.8 Å². The van der Waals surface area contributed by atoms with Crippen LogP contribution in [-0.2, 0) is 0 Å². The predicted molar refractivity (Wildman–Crippen MR) is 80.6 cm³/mol. The molecule has 2 aromatic rings. The van der Waals surface area contributed by atoms with Crippen LogP contribution in [0.1, 0.15) is 13.8 Å². The van der Waals surface area contributed by atoms with E-state index in [1.54, 1.807) is 0 Å². The summed E-state index contributed by atoms with van der Waals surface area (Å²) >= 11 is 0. The van der Waals surface area contributed by atoms with Gasteiger partial charge in [0.05, 0.1) is 0 Å². The standard InChI is InChI=1S/C16H21N3/c1-12(2)16-11-18-8-9-19(16)15-5-3-4-13-10-17-7-6-14(13)15/h3-7,10,12,16,18H,8-9,11H2,1-2H3. The molecule has 1 N–H and O–H groups in total. The highest BCUT2D eigenvalue weighted by atomic mass is 15.2. The van der Waals surface area contributed by atoms with E-state index in [1.165, 1.54) is 16.5 Å². The Morgan fingerprint density at radius 2 is 2.21 bits per heavy atom. The number of pyridine rings is 1. The summed E-state index contributed by atoms with van der Waals surface area (Å²) in [6, 6.07) is 9.21. The summed E-state index contributed by atoms with van der Waals surface area (Å²) in [5, 5.41) is 6.04. The number of benzene rings is 1. The molecular weight excluding hydrogens is 234 g/mol. The molecule has 0 saturated carbocycles. The van der Waals surface area contributed by atoms with E-state index in [-0.39, 0.29) is 0 Å². The van der Waals surface area contributed by atoms with Crippen LogP contribution < -0.4 is 10.2 Å². The van der Waals surface area contributed by atoms with Gasteiger partial charge in [0, 0.05) is 54.5 Å². The van der Waals surface area contributed by atoms with Crippen molar-refractivity contribution in [3.05, 3.63) is 36.7 Å². The molecule has 1 aliphatic heterocycles. The van der Waals surface area contributed by atoms with Gasteiger partial charge >= 0.3 is 0 Å². The van der Waals surface area contributed by atoms with Crippen LogP contribution in [0, 0.1) is 5.92 Å². The second kappa shape index (κ2) is 5.17. The van der Waals surface area contributed by atoms with Crippen LogP contribution in [0.2, 0.25) is 0 Å². The van der Waals surface area contributed by atoms with Crippen LogP contribution in [0.3, 0.4) is 0 Å². The van der Waals surface area contributed by atoms with Gasteiger partial charge in [-0.1, -0.05) is 26.0 Å². The van der Waals surface area contributed by atoms with Crippen molar-refractivity contribution in [3.63, 3.8) is 0 Å². The van der Waals surface area contributed by atoms with Crippen molar-refractivity contribution in [3.8, 4) is 0 Å². The summed E-state index contributed by atoms with van der Waals surface area (Å²) in [6.07, 6.45) is 3.84. The van der Waals surface area contributed by atoms with Crippen molar-refractivity contribution in [1.82, 2.24) is 10.3 Å². The zero-order valence-electron chi connectivity index (χ0n) is 11.6. The first-order chi connectivity index (χ1) is 9.27. The van der Waals surface area contributed by atoms with Crippen LogP contribution in [0.5, 0.6) is 0 Å². The number of rotatable bonds is 2. The Hall–Kier alpha value is -1.61. The minimum absolute atomic E-state index is 0.563. The van der Waals surface area contributed by atoms with E-state index in [0.717, 1.165) is 19.6 Å². The first-order valence-corrected chi connectivity index (χ1v) is 7.07. The van der Waals surface area contributed by atoms with E-state index in [4.69, 9.17) is 0 Å². The van der Waals surface area contributed by atoms with Gasteiger partial charge in [0.2, 0.25) is 0 Å². The van der Waals surface area contributed by atoms with E-state index in [1.807, 2.05) is 12.4 Å². The molecule has 0 amide bonds. The van der Waals surface area contributed by atoms with Crippen LogP contribution >= 0.6 is 0 Å². The molecule has 3 rings (SSSR count). The van der Waals surface area contributed by atoms with Crippen molar-refractivity contribution >= 4 is 16.5 Å². The van der Waals surface area contributed by atoms with Crippen molar-refractivity contribution in [1.29, 1.82) is 0 Å².